The van der Waals surface area contributed by atoms with E-state index in [1.807, 2.05) is 37.3 Å². The van der Waals surface area contributed by atoms with Crippen LogP contribution in [0.15, 0.2) is 47.6 Å². The van der Waals surface area contributed by atoms with E-state index in [0.29, 0.717) is 29.2 Å². The highest BCUT2D eigenvalue weighted by Gasteiger charge is 2.51. The van der Waals surface area contributed by atoms with Gasteiger partial charge in [-0.05, 0) is 24.1 Å². The molecule has 0 unspecified atom stereocenters. The zero-order valence-corrected chi connectivity index (χ0v) is 15.5. The van der Waals surface area contributed by atoms with E-state index in [1.165, 1.54) is 13.3 Å². The number of nitrogens with zero attached hydrogens (tertiary/aromatic N) is 2. The van der Waals surface area contributed by atoms with E-state index in [1.54, 1.807) is 12.1 Å². The van der Waals surface area contributed by atoms with Crippen LogP contribution >= 0.6 is 0 Å². The summed E-state index contributed by atoms with van der Waals surface area (Å²) in [6.07, 6.45) is 1.82. The van der Waals surface area contributed by atoms with Gasteiger partial charge in [0.25, 0.3) is 5.91 Å². The molecule has 0 aliphatic carbocycles. The minimum Gasteiger partial charge on any atom is -0.493 e. The number of methoxy groups -OCH3 is 1. The molecule has 2 aliphatic rings. The van der Waals surface area contributed by atoms with Crippen molar-refractivity contribution in [3.63, 3.8) is 0 Å². The Morgan fingerprint density at radius 1 is 1.25 bits per heavy atom. The lowest BCUT2D eigenvalue weighted by molar-refractivity contribution is -0.131. The van der Waals surface area contributed by atoms with Gasteiger partial charge in [0.15, 0.2) is 11.5 Å². The Bertz CT molecular complexity index is 960. The highest BCUT2D eigenvalue weighted by atomic mass is 16.7. The van der Waals surface area contributed by atoms with Gasteiger partial charge in [0.2, 0.25) is 12.5 Å². The van der Waals surface area contributed by atoms with Crippen molar-refractivity contribution in [2.75, 3.05) is 13.9 Å². The van der Waals surface area contributed by atoms with Gasteiger partial charge in [-0.15, -0.1) is 5.01 Å². The lowest BCUT2D eigenvalue weighted by atomic mass is 9.87. The fraction of sp³-hybridized carbons (Fsp3) is 0.250. The maximum atomic E-state index is 13.1. The molecule has 1 fully saturated rings. The summed E-state index contributed by atoms with van der Waals surface area (Å²) in [5.74, 6) is 1.10. The molecule has 0 bridgehead atoms. The fourth-order valence-electron chi connectivity index (χ4n) is 3.38. The van der Waals surface area contributed by atoms with Crippen LogP contribution in [0.2, 0.25) is 0 Å². The van der Waals surface area contributed by atoms with Crippen LogP contribution in [0.1, 0.15) is 24.5 Å². The third-order valence-corrected chi connectivity index (χ3v) is 4.87. The Balaban J connectivity index is 1.64. The van der Waals surface area contributed by atoms with Crippen molar-refractivity contribution in [3.05, 3.63) is 53.6 Å². The Morgan fingerprint density at radius 3 is 2.75 bits per heavy atom. The number of imide groups is 1. The molecule has 1 saturated heterocycles. The molecule has 0 radical (unpaired) electrons. The molecule has 3 amide bonds. The van der Waals surface area contributed by atoms with Crippen LogP contribution in [0.25, 0.3) is 0 Å². The second-order valence-electron chi connectivity index (χ2n) is 6.37. The van der Waals surface area contributed by atoms with E-state index >= 15 is 0 Å². The summed E-state index contributed by atoms with van der Waals surface area (Å²) in [4.78, 5) is 25.5. The van der Waals surface area contributed by atoms with Crippen LogP contribution in [-0.4, -0.2) is 37.1 Å². The number of urea groups is 1. The van der Waals surface area contributed by atoms with Gasteiger partial charge in [-0.3, -0.25) is 4.79 Å². The summed E-state index contributed by atoms with van der Waals surface area (Å²) in [5.41, 5.74) is 0.205. The van der Waals surface area contributed by atoms with Crippen LogP contribution in [0.4, 0.5) is 4.79 Å². The van der Waals surface area contributed by atoms with Crippen LogP contribution in [0, 0.1) is 0 Å². The number of fused-ring (bicyclic) bond motifs is 1. The number of amides is 3. The van der Waals surface area contributed by atoms with Crippen molar-refractivity contribution < 1.29 is 23.8 Å². The van der Waals surface area contributed by atoms with Crippen LogP contribution in [-0.2, 0) is 10.3 Å². The number of hydrogen-bond acceptors (Lipinski definition) is 6. The molecular formula is C20H19N3O5. The van der Waals surface area contributed by atoms with Crippen molar-refractivity contribution in [1.29, 1.82) is 0 Å². The van der Waals surface area contributed by atoms with Crippen molar-refractivity contribution in [1.82, 2.24) is 10.3 Å². The Hall–Kier alpha value is -3.55. The second kappa shape index (κ2) is 6.88. The number of ether oxygens (including phenoxy) is 3. The SMILES string of the molecule is CC[C@@]1(c2ccccc2)NC(=O)N(/N=C\c2cc(OC)c3c(c2)OCO3)C1=O. The number of carbonyl (C=O) groups is 2. The zero-order chi connectivity index (χ0) is 19.7. The van der Waals surface area contributed by atoms with Crippen LogP contribution in [0.3, 0.4) is 0 Å². The van der Waals surface area contributed by atoms with Crippen LogP contribution in [0.5, 0.6) is 17.2 Å². The Morgan fingerprint density at radius 2 is 2.04 bits per heavy atom. The highest BCUT2D eigenvalue weighted by molar-refractivity contribution is 6.07. The number of hydrazone groups is 1. The quantitative estimate of drug-likeness (QED) is 0.635. The predicted molar refractivity (Wildman–Crippen MR) is 100 cm³/mol. The summed E-state index contributed by atoms with van der Waals surface area (Å²) < 4.78 is 16.0. The van der Waals surface area contributed by atoms with Gasteiger partial charge in [-0.25, -0.2) is 4.79 Å². The van der Waals surface area contributed by atoms with Crippen molar-refractivity contribution >= 4 is 18.2 Å². The molecule has 8 heteroatoms. The van der Waals surface area contributed by atoms with E-state index in [2.05, 4.69) is 10.4 Å². The number of rotatable bonds is 5. The van der Waals surface area contributed by atoms with E-state index in [0.717, 1.165) is 10.6 Å². The maximum Gasteiger partial charge on any atom is 0.346 e. The molecule has 1 atom stereocenters. The van der Waals surface area contributed by atoms with Crippen molar-refractivity contribution in [2.24, 2.45) is 5.10 Å². The zero-order valence-electron chi connectivity index (χ0n) is 15.5. The number of benzene rings is 2. The fourth-order valence-corrected chi connectivity index (χ4v) is 3.38. The Labute approximate surface area is 161 Å². The first-order valence-electron chi connectivity index (χ1n) is 8.83. The molecule has 2 heterocycles. The molecule has 1 N–H and O–H groups in total. The lowest BCUT2D eigenvalue weighted by Gasteiger charge is -2.24. The molecule has 0 spiro atoms. The summed E-state index contributed by atoms with van der Waals surface area (Å²) in [6.45, 7) is 1.95. The number of hydrogen-bond donors (Lipinski definition) is 1. The normalized spacial score (nSPS) is 20.7. The monoisotopic (exact) mass is 381 g/mol. The highest BCUT2D eigenvalue weighted by Crippen LogP contribution is 2.41. The smallest absolute Gasteiger partial charge is 0.346 e. The van der Waals surface area contributed by atoms with E-state index in [9.17, 15) is 9.59 Å². The van der Waals surface area contributed by atoms with Crippen LogP contribution < -0.4 is 19.5 Å². The minimum absolute atomic E-state index is 0.107. The lowest BCUT2D eigenvalue weighted by Crippen LogP contribution is -2.43. The summed E-state index contributed by atoms with van der Waals surface area (Å²) in [5, 5.41) is 7.76. The van der Waals surface area contributed by atoms with Crippen molar-refractivity contribution in [2.45, 2.75) is 18.9 Å². The molecule has 0 aromatic heterocycles. The first kappa shape index (κ1) is 17.8. The third-order valence-electron chi connectivity index (χ3n) is 4.87. The summed E-state index contributed by atoms with van der Waals surface area (Å²) in [7, 11) is 1.52. The first-order chi connectivity index (χ1) is 13.6. The van der Waals surface area contributed by atoms with Gasteiger partial charge < -0.3 is 19.5 Å². The average Bonchev–Trinajstić information content (AvgIpc) is 3.29. The molecule has 4 rings (SSSR count). The van der Waals surface area contributed by atoms with E-state index in [4.69, 9.17) is 14.2 Å². The molecule has 2 aromatic carbocycles. The Kier molecular flexibility index (Phi) is 4.38. The molecule has 0 saturated carbocycles. The second-order valence-corrected chi connectivity index (χ2v) is 6.37. The minimum atomic E-state index is -1.12. The molecule has 8 nitrogen and oxygen atoms in total. The maximum absolute atomic E-state index is 13.1. The molecule has 2 aromatic rings. The van der Waals surface area contributed by atoms with E-state index < -0.39 is 17.5 Å². The first-order valence-corrected chi connectivity index (χ1v) is 8.83. The van der Waals surface area contributed by atoms with E-state index in [-0.39, 0.29) is 6.79 Å². The van der Waals surface area contributed by atoms with Gasteiger partial charge >= 0.3 is 6.03 Å². The largest absolute Gasteiger partial charge is 0.493 e. The van der Waals surface area contributed by atoms with Gasteiger partial charge in [-0.2, -0.15) is 5.10 Å². The predicted octanol–water partition coefficient (Wildman–Crippen LogP) is 2.62. The molecule has 144 valence electrons. The average molecular weight is 381 g/mol. The number of nitrogens with one attached hydrogen (secondary N) is 1. The number of carbonyl (C=O) groups excluding carboxylic acids is 2. The molecule has 2 aliphatic heterocycles. The molecule has 28 heavy (non-hydrogen) atoms. The van der Waals surface area contributed by atoms with Gasteiger partial charge in [0.05, 0.1) is 13.3 Å². The molecular weight excluding hydrogens is 362 g/mol. The topological polar surface area (TPSA) is 89.5 Å². The third kappa shape index (κ3) is 2.74. The summed E-state index contributed by atoms with van der Waals surface area (Å²) in [6, 6.07) is 12.0. The summed E-state index contributed by atoms with van der Waals surface area (Å²) >= 11 is 0. The van der Waals surface area contributed by atoms with Gasteiger partial charge in [0, 0.05) is 5.56 Å². The standard InChI is InChI=1S/C20H19N3O5/c1-3-20(14-7-5-4-6-8-14)18(24)23(19(25)22-20)21-11-13-9-15(26-2)17-16(10-13)27-12-28-17/h4-11H,3,12H2,1-2H3,(H,22,25)/b21-11-/t20-/m0/s1. The van der Waals surface area contributed by atoms with Gasteiger partial charge in [-0.1, -0.05) is 37.3 Å². The van der Waals surface area contributed by atoms with Crippen molar-refractivity contribution in [3.8, 4) is 17.2 Å². The van der Waals surface area contributed by atoms with Gasteiger partial charge in [0.1, 0.15) is 5.54 Å².